The fourth-order valence-corrected chi connectivity index (χ4v) is 2.32. The first kappa shape index (κ1) is 17.5. The normalized spacial score (nSPS) is 11.3. The van der Waals surface area contributed by atoms with Crippen LogP contribution in [0, 0.1) is 0 Å². The van der Waals surface area contributed by atoms with Crippen molar-refractivity contribution < 1.29 is 18.0 Å². The molecule has 3 N–H and O–H groups in total. The van der Waals surface area contributed by atoms with Gasteiger partial charge in [-0.25, -0.2) is 0 Å². The fourth-order valence-electron chi connectivity index (χ4n) is 2.32. The van der Waals surface area contributed by atoms with Crippen LogP contribution >= 0.6 is 0 Å². The average molecular weight is 361 g/mol. The first-order valence-corrected chi connectivity index (χ1v) is 7.57. The predicted molar refractivity (Wildman–Crippen MR) is 88.4 cm³/mol. The van der Waals surface area contributed by atoms with Gasteiger partial charge in [-0.15, -0.1) is 5.10 Å². The maximum Gasteiger partial charge on any atom is 0.416 e. The van der Waals surface area contributed by atoms with E-state index in [9.17, 15) is 18.0 Å². The summed E-state index contributed by atoms with van der Waals surface area (Å²) in [5, 5.41) is 10.0. The Bertz CT molecular complexity index is 922. The van der Waals surface area contributed by atoms with Gasteiger partial charge in [-0.3, -0.25) is 4.79 Å². The zero-order chi connectivity index (χ0) is 18.7. The number of nitrogens with two attached hydrogens (primary N) is 1. The molecule has 3 aromatic rings. The second-order valence-electron chi connectivity index (χ2n) is 5.45. The minimum Gasteiger partial charge on any atom is -0.382 e. The molecule has 1 amide bonds. The lowest BCUT2D eigenvalue weighted by atomic mass is 10.2. The Morgan fingerprint density at radius 3 is 2.54 bits per heavy atom. The van der Waals surface area contributed by atoms with Crippen molar-refractivity contribution in [1.29, 1.82) is 0 Å². The molecule has 0 saturated carbocycles. The van der Waals surface area contributed by atoms with Gasteiger partial charge in [-0.05, 0) is 23.8 Å². The lowest BCUT2D eigenvalue weighted by molar-refractivity contribution is -0.137. The van der Waals surface area contributed by atoms with Crippen molar-refractivity contribution in [1.82, 2.24) is 20.3 Å². The molecule has 134 valence electrons. The lowest BCUT2D eigenvalue weighted by Gasteiger charge is -2.09. The number of halogens is 3. The van der Waals surface area contributed by atoms with Crippen LogP contribution < -0.4 is 11.1 Å². The molecule has 1 aromatic heterocycles. The number of hydrogen-bond donors (Lipinski definition) is 2. The molecule has 0 aliphatic carbocycles. The number of alkyl halides is 3. The van der Waals surface area contributed by atoms with Gasteiger partial charge >= 0.3 is 6.18 Å². The lowest BCUT2D eigenvalue weighted by Crippen LogP contribution is -2.24. The van der Waals surface area contributed by atoms with Crippen molar-refractivity contribution in [3.8, 4) is 5.69 Å². The first-order valence-electron chi connectivity index (χ1n) is 7.57. The quantitative estimate of drug-likeness (QED) is 0.748. The van der Waals surface area contributed by atoms with Gasteiger partial charge in [0.2, 0.25) is 0 Å². The number of nitrogens with zero attached hydrogens (tertiary/aromatic N) is 3. The van der Waals surface area contributed by atoms with Gasteiger partial charge in [0.05, 0.1) is 11.3 Å². The number of rotatable bonds is 4. The monoisotopic (exact) mass is 361 g/mol. The Kier molecular flexibility index (Phi) is 4.61. The third-order valence-electron chi connectivity index (χ3n) is 3.63. The summed E-state index contributed by atoms with van der Waals surface area (Å²) >= 11 is 0. The Morgan fingerprint density at radius 2 is 1.85 bits per heavy atom. The smallest absolute Gasteiger partial charge is 0.382 e. The number of nitrogens with one attached hydrogen (secondary N) is 1. The van der Waals surface area contributed by atoms with Gasteiger partial charge in [0.25, 0.3) is 5.91 Å². The molecule has 6 nitrogen and oxygen atoms in total. The summed E-state index contributed by atoms with van der Waals surface area (Å²) in [6.45, 7) is 0.259. The van der Waals surface area contributed by atoms with Crippen LogP contribution in [0.2, 0.25) is 0 Å². The van der Waals surface area contributed by atoms with Gasteiger partial charge in [0.1, 0.15) is 0 Å². The average Bonchev–Trinajstić information content (AvgIpc) is 3.01. The van der Waals surface area contributed by atoms with Crippen molar-refractivity contribution in [3.63, 3.8) is 0 Å². The van der Waals surface area contributed by atoms with Crippen LogP contribution in [-0.2, 0) is 12.7 Å². The van der Waals surface area contributed by atoms with Crippen LogP contribution in [0.15, 0.2) is 54.6 Å². The molecule has 0 unspecified atom stereocenters. The van der Waals surface area contributed by atoms with Crippen molar-refractivity contribution in [2.24, 2.45) is 0 Å². The summed E-state index contributed by atoms with van der Waals surface area (Å²) < 4.78 is 39.5. The topological polar surface area (TPSA) is 85.8 Å². The Balaban J connectivity index is 1.81. The zero-order valence-electron chi connectivity index (χ0n) is 13.4. The molecule has 26 heavy (non-hydrogen) atoms. The van der Waals surface area contributed by atoms with E-state index < -0.39 is 17.6 Å². The maximum absolute atomic E-state index is 12.8. The van der Waals surface area contributed by atoms with Crippen LogP contribution in [0.5, 0.6) is 0 Å². The van der Waals surface area contributed by atoms with E-state index in [1.165, 1.54) is 12.1 Å². The molecule has 0 fully saturated rings. The van der Waals surface area contributed by atoms with Gasteiger partial charge in [-0.2, -0.15) is 17.9 Å². The van der Waals surface area contributed by atoms with Gasteiger partial charge in [0, 0.05) is 6.54 Å². The number of anilines is 1. The molecular formula is C17H14F3N5O. The minimum absolute atomic E-state index is 0.0620. The molecule has 0 aliphatic heterocycles. The summed E-state index contributed by atoms with van der Waals surface area (Å²) in [7, 11) is 0. The summed E-state index contributed by atoms with van der Waals surface area (Å²) in [5.74, 6) is -0.709. The van der Waals surface area contributed by atoms with Gasteiger partial charge in [0.15, 0.2) is 11.5 Å². The van der Waals surface area contributed by atoms with Crippen molar-refractivity contribution in [2.45, 2.75) is 12.7 Å². The highest BCUT2D eigenvalue weighted by atomic mass is 19.4. The molecule has 0 aliphatic rings. The van der Waals surface area contributed by atoms with E-state index in [1.807, 2.05) is 30.3 Å². The number of carbonyl (C=O) groups excluding carboxylic acids is 1. The van der Waals surface area contributed by atoms with E-state index in [4.69, 9.17) is 5.73 Å². The Labute approximate surface area is 146 Å². The molecule has 9 heteroatoms. The van der Waals surface area contributed by atoms with E-state index >= 15 is 0 Å². The maximum atomic E-state index is 12.8. The number of carbonyl (C=O) groups is 1. The minimum atomic E-state index is -4.50. The molecule has 0 bridgehead atoms. The third-order valence-corrected chi connectivity index (χ3v) is 3.63. The number of amides is 1. The summed E-state index contributed by atoms with van der Waals surface area (Å²) in [5.41, 5.74) is 5.80. The molecule has 0 saturated heterocycles. The van der Waals surface area contributed by atoms with Crippen LogP contribution in [0.3, 0.4) is 0 Å². The molecule has 1 heterocycles. The second kappa shape index (κ2) is 6.87. The molecule has 0 radical (unpaired) electrons. The number of nitrogen functional groups attached to an aromatic ring is 1. The number of hydrogen-bond acceptors (Lipinski definition) is 4. The highest BCUT2D eigenvalue weighted by Crippen LogP contribution is 2.30. The number of aromatic nitrogens is 3. The molecule has 2 aromatic carbocycles. The molecule has 0 atom stereocenters. The zero-order valence-corrected chi connectivity index (χ0v) is 13.4. The third kappa shape index (κ3) is 3.66. The van der Waals surface area contributed by atoms with Crippen LogP contribution in [0.1, 0.15) is 21.6 Å². The van der Waals surface area contributed by atoms with E-state index in [1.54, 1.807) is 0 Å². The van der Waals surface area contributed by atoms with Crippen molar-refractivity contribution in [2.75, 3.05) is 5.73 Å². The SMILES string of the molecule is Nc1c(C(=O)NCc2ccccc2)nnn1-c1cccc(C(F)(F)F)c1. The second-order valence-corrected chi connectivity index (χ2v) is 5.45. The fraction of sp³-hybridized carbons (Fsp3) is 0.118. The standard InChI is InChI=1S/C17H14F3N5O/c18-17(19,20)12-7-4-8-13(9-12)25-15(21)14(23-24-25)16(26)22-10-11-5-2-1-3-6-11/h1-9H,10,21H2,(H,22,26). The highest BCUT2D eigenvalue weighted by molar-refractivity contribution is 5.96. The molecular weight excluding hydrogens is 347 g/mol. The largest absolute Gasteiger partial charge is 0.416 e. The first-order chi connectivity index (χ1) is 12.4. The highest BCUT2D eigenvalue weighted by Gasteiger charge is 2.31. The number of benzene rings is 2. The molecule has 3 rings (SSSR count). The predicted octanol–water partition coefficient (Wildman–Crippen LogP) is 2.80. The van der Waals surface area contributed by atoms with E-state index in [2.05, 4.69) is 15.6 Å². The molecule has 0 spiro atoms. The van der Waals surface area contributed by atoms with Gasteiger partial charge in [-0.1, -0.05) is 41.6 Å². The van der Waals surface area contributed by atoms with Crippen LogP contribution in [0.25, 0.3) is 5.69 Å². The van der Waals surface area contributed by atoms with E-state index in [0.717, 1.165) is 22.4 Å². The van der Waals surface area contributed by atoms with Gasteiger partial charge < -0.3 is 11.1 Å². The van der Waals surface area contributed by atoms with Crippen molar-refractivity contribution >= 4 is 11.7 Å². The Hall–Kier alpha value is -3.36. The van der Waals surface area contributed by atoms with Crippen LogP contribution in [-0.4, -0.2) is 20.9 Å². The van der Waals surface area contributed by atoms with Crippen LogP contribution in [0.4, 0.5) is 19.0 Å². The van der Waals surface area contributed by atoms with Crippen molar-refractivity contribution in [3.05, 3.63) is 71.4 Å². The van der Waals surface area contributed by atoms with E-state index in [0.29, 0.717) is 0 Å². The Morgan fingerprint density at radius 1 is 1.12 bits per heavy atom. The summed E-state index contributed by atoms with van der Waals surface area (Å²) in [6.07, 6.45) is -4.50. The summed E-state index contributed by atoms with van der Waals surface area (Å²) in [4.78, 5) is 12.2. The summed E-state index contributed by atoms with van der Waals surface area (Å²) in [6, 6.07) is 13.6. The van der Waals surface area contributed by atoms with E-state index in [-0.39, 0.29) is 23.7 Å².